The van der Waals surface area contributed by atoms with Crippen molar-refractivity contribution in [1.82, 2.24) is 10.2 Å². The average molecular weight is 375 g/mol. The number of methoxy groups -OCH3 is 1. The third-order valence-electron chi connectivity index (χ3n) is 4.56. The smallest absolute Gasteiger partial charge is 0.252 e. The Hall–Kier alpha value is -2.08. The van der Waals surface area contributed by atoms with Crippen LogP contribution in [0.5, 0.6) is 5.75 Å². The van der Waals surface area contributed by atoms with Gasteiger partial charge in [0.15, 0.2) is 0 Å². The molecule has 6 heteroatoms. The minimum Gasteiger partial charge on any atom is -0.497 e. The quantitative estimate of drug-likeness (QED) is 0.843. The number of hydrogen-bond donors (Lipinski definition) is 1. The zero-order valence-electron chi connectivity index (χ0n) is 14.8. The molecule has 0 radical (unpaired) electrons. The molecule has 0 aliphatic carbocycles. The number of halogens is 1. The number of carbonyl (C=O) groups is 1. The molecule has 5 nitrogen and oxygen atoms in total. The van der Waals surface area contributed by atoms with Crippen LogP contribution in [0.1, 0.15) is 22.0 Å². The largest absolute Gasteiger partial charge is 0.497 e. The number of carbonyl (C=O) groups excluding carboxylic acids is 1. The van der Waals surface area contributed by atoms with Gasteiger partial charge in [0, 0.05) is 19.6 Å². The van der Waals surface area contributed by atoms with Crippen molar-refractivity contribution in [2.24, 2.45) is 0 Å². The normalized spacial score (nSPS) is 16.1. The van der Waals surface area contributed by atoms with Crippen molar-refractivity contribution < 1.29 is 14.3 Å². The molecule has 1 aliphatic heterocycles. The van der Waals surface area contributed by atoms with Crippen LogP contribution in [-0.2, 0) is 4.74 Å². The summed E-state index contributed by atoms with van der Waals surface area (Å²) in [6.07, 6.45) is 0. The highest BCUT2D eigenvalue weighted by Crippen LogP contribution is 2.24. The topological polar surface area (TPSA) is 50.8 Å². The van der Waals surface area contributed by atoms with E-state index in [0.29, 0.717) is 30.3 Å². The molecule has 1 unspecified atom stereocenters. The van der Waals surface area contributed by atoms with Gasteiger partial charge in [-0.15, -0.1) is 0 Å². The molecule has 0 saturated carbocycles. The highest BCUT2D eigenvalue weighted by Gasteiger charge is 2.23. The summed E-state index contributed by atoms with van der Waals surface area (Å²) in [5, 5.41) is 3.48. The van der Waals surface area contributed by atoms with Gasteiger partial charge in [0.25, 0.3) is 5.91 Å². The van der Waals surface area contributed by atoms with E-state index in [1.165, 1.54) is 0 Å². The number of nitrogens with one attached hydrogen (secondary N) is 1. The van der Waals surface area contributed by atoms with E-state index in [2.05, 4.69) is 10.2 Å². The zero-order chi connectivity index (χ0) is 18.4. The zero-order valence-corrected chi connectivity index (χ0v) is 15.5. The van der Waals surface area contributed by atoms with Crippen LogP contribution in [0.3, 0.4) is 0 Å². The Balaban J connectivity index is 1.74. The lowest BCUT2D eigenvalue weighted by atomic mass is 10.0. The molecule has 0 spiro atoms. The number of amides is 1. The first-order valence-electron chi connectivity index (χ1n) is 8.67. The Bertz CT molecular complexity index is 730. The van der Waals surface area contributed by atoms with Gasteiger partial charge in [0.1, 0.15) is 5.75 Å². The summed E-state index contributed by atoms with van der Waals surface area (Å²) >= 11 is 6.13. The molecule has 1 fully saturated rings. The maximum atomic E-state index is 12.5. The van der Waals surface area contributed by atoms with E-state index in [9.17, 15) is 4.79 Å². The number of hydrogen-bond acceptors (Lipinski definition) is 4. The van der Waals surface area contributed by atoms with Crippen molar-refractivity contribution in [3.05, 3.63) is 64.7 Å². The highest BCUT2D eigenvalue weighted by molar-refractivity contribution is 6.33. The van der Waals surface area contributed by atoms with Crippen LogP contribution in [0, 0.1) is 0 Å². The second-order valence-corrected chi connectivity index (χ2v) is 6.53. The van der Waals surface area contributed by atoms with Gasteiger partial charge in [-0.05, 0) is 29.8 Å². The van der Waals surface area contributed by atoms with E-state index in [-0.39, 0.29) is 11.9 Å². The Morgan fingerprint density at radius 3 is 2.54 bits per heavy atom. The summed E-state index contributed by atoms with van der Waals surface area (Å²) in [4.78, 5) is 14.9. The van der Waals surface area contributed by atoms with Gasteiger partial charge in [-0.3, -0.25) is 9.69 Å². The number of nitrogens with zero attached hydrogens (tertiary/aromatic N) is 1. The van der Waals surface area contributed by atoms with Gasteiger partial charge >= 0.3 is 0 Å². The number of rotatable bonds is 6. The maximum Gasteiger partial charge on any atom is 0.252 e. The maximum absolute atomic E-state index is 12.5. The summed E-state index contributed by atoms with van der Waals surface area (Å²) < 4.78 is 10.7. The van der Waals surface area contributed by atoms with Gasteiger partial charge in [0.2, 0.25) is 0 Å². The molecule has 1 atom stereocenters. The minimum absolute atomic E-state index is 0.0660. The minimum atomic E-state index is -0.164. The van der Waals surface area contributed by atoms with Crippen molar-refractivity contribution in [2.45, 2.75) is 6.04 Å². The van der Waals surface area contributed by atoms with Gasteiger partial charge in [-0.25, -0.2) is 0 Å². The molecule has 1 aliphatic rings. The molecule has 1 saturated heterocycles. The monoisotopic (exact) mass is 374 g/mol. The summed E-state index contributed by atoms with van der Waals surface area (Å²) in [5.41, 5.74) is 1.62. The lowest BCUT2D eigenvalue weighted by Gasteiger charge is -2.35. The molecule has 1 heterocycles. The first-order valence-corrected chi connectivity index (χ1v) is 9.05. The van der Waals surface area contributed by atoms with Crippen molar-refractivity contribution >= 4 is 17.5 Å². The first kappa shape index (κ1) is 18.7. The van der Waals surface area contributed by atoms with E-state index < -0.39 is 0 Å². The average Bonchev–Trinajstić information content (AvgIpc) is 2.69. The SMILES string of the molecule is COc1ccc(C(CNC(=O)c2ccccc2Cl)N2CCOCC2)cc1. The lowest BCUT2D eigenvalue weighted by Crippen LogP contribution is -2.43. The summed E-state index contributed by atoms with van der Waals surface area (Å²) in [5.74, 6) is 0.650. The molecule has 2 aromatic carbocycles. The van der Waals surface area contributed by atoms with Crippen LogP contribution in [0.2, 0.25) is 5.02 Å². The summed E-state index contributed by atoms with van der Waals surface area (Å²) in [6, 6.07) is 15.1. The molecule has 26 heavy (non-hydrogen) atoms. The predicted octanol–water partition coefficient (Wildman–Crippen LogP) is 3.15. The fourth-order valence-corrected chi connectivity index (χ4v) is 3.32. The van der Waals surface area contributed by atoms with Crippen LogP contribution in [0.15, 0.2) is 48.5 Å². The van der Waals surface area contributed by atoms with Crippen LogP contribution in [0.4, 0.5) is 0 Å². The molecule has 138 valence electrons. The van der Waals surface area contributed by atoms with Crippen LogP contribution < -0.4 is 10.1 Å². The standard InChI is InChI=1S/C20H23ClN2O3/c1-25-16-8-6-15(7-9-16)19(23-10-12-26-13-11-23)14-22-20(24)17-4-2-3-5-18(17)21/h2-9,19H,10-14H2,1H3,(H,22,24). The second kappa shape index (κ2) is 9.03. The Morgan fingerprint density at radius 2 is 1.88 bits per heavy atom. The Morgan fingerprint density at radius 1 is 1.19 bits per heavy atom. The van der Waals surface area contributed by atoms with E-state index in [1.54, 1.807) is 19.2 Å². The second-order valence-electron chi connectivity index (χ2n) is 6.13. The fourth-order valence-electron chi connectivity index (χ4n) is 3.10. The molecule has 0 bridgehead atoms. The number of benzene rings is 2. The molecule has 2 aromatic rings. The molecular weight excluding hydrogens is 352 g/mol. The Labute approximate surface area is 158 Å². The number of morpholine rings is 1. The lowest BCUT2D eigenvalue weighted by molar-refractivity contribution is 0.0162. The first-order chi connectivity index (χ1) is 12.7. The van der Waals surface area contributed by atoms with E-state index in [0.717, 1.165) is 24.4 Å². The molecule has 1 amide bonds. The van der Waals surface area contributed by atoms with E-state index >= 15 is 0 Å². The summed E-state index contributed by atoms with van der Waals surface area (Å²) in [6.45, 7) is 3.56. The van der Waals surface area contributed by atoms with E-state index in [4.69, 9.17) is 21.1 Å². The number of ether oxygens (including phenoxy) is 2. The van der Waals surface area contributed by atoms with Gasteiger partial charge in [-0.1, -0.05) is 35.9 Å². The summed E-state index contributed by atoms with van der Waals surface area (Å²) in [7, 11) is 1.65. The van der Waals surface area contributed by atoms with Crippen molar-refractivity contribution in [2.75, 3.05) is 40.0 Å². The molecule has 0 aromatic heterocycles. The van der Waals surface area contributed by atoms with Gasteiger partial charge < -0.3 is 14.8 Å². The van der Waals surface area contributed by atoms with Gasteiger partial charge in [-0.2, -0.15) is 0 Å². The molecule has 3 rings (SSSR count). The third kappa shape index (κ3) is 4.55. The Kier molecular flexibility index (Phi) is 6.50. The van der Waals surface area contributed by atoms with Crippen molar-refractivity contribution in [1.29, 1.82) is 0 Å². The van der Waals surface area contributed by atoms with Crippen molar-refractivity contribution in [3.63, 3.8) is 0 Å². The molecular formula is C20H23ClN2O3. The third-order valence-corrected chi connectivity index (χ3v) is 4.89. The van der Waals surface area contributed by atoms with Gasteiger partial charge in [0.05, 0.1) is 37.0 Å². The van der Waals surface area contributed by atoms with Crippen molar-refractivity contribution in [3.8, 4) is 5.75 Å². The molecule has 1 N–H and O–H groups in total. The highest BCUT2D eigenvalue weighted by atomic mass is 35.5. The van der Waals surface area contributed by atoms with Crippen LogP contribution >= 0.6 is 11.6 Å². The predicted molar refractivity (Wildman–Crippen MR) is 102 cm³/mol. The van der Waals surface area contributed by atoms with E-state index in [1.807, 2.05) is 36.4 Å². The van der Waals surface area contributed by atoms with Crippen LogP contribution in [-0.4, -0.2) is 50.8 Å². The fraction of sp³-hybridized carbons (Fsp3) is 0.350. The van der Waals surface area contributed by atoms with Crippen LogP contribution in [0.25, 0.3) is 0 Å².